The van der Waals surface area contributed by atoms with Crippen LogP contribution in [0.5, 0.6) is 5.75 Å². The van der Waals surface area contributed by atoms with Gasteiger partial charge < -0.3 is 4.74 Å². The van der Waals surface area contributed by atoms with E-state index in [-0.39, 0.29) is 23.5 Å². The van der Waals surface area contributed by atoms with Crippen molar-refractivity contribution in [3.8, 4) is 16.9 Å². The van der Waals surface area contributed by atoms with Gasteiger partial charge in [0.15, 0.2) is 0 Å². The second-order valence-electron chi connectivity index (χ2n) is 5.33. The number of halogens is 4. The normalized spacial score (nSPS) is 14.7. The summed E-state index contributed by atoms with van der Waals surface area (Å²) in [5, 5.41) is 3.87. The van der Waals surface area contributed by atoms with E-state index < -0.39 is 17.9 Å². The predicted molar refractivity (Wildman–Crippen MR) is 82.4 cm³/mol. The number of carbonyl (C=O) groups excluding carboxylic acids is 1. The largest absolute Gasteiger partial charge is 0.573 e. The van der Waals surface area contributed by atoms with Crippen LogP contribution in [-0.4, -0.2) is 18.0 Å². The Morgan fingerprint density at radius 1 is 1.04 bits per heavy atom. The van der Waals surface area contributed by atoms with E-state index in [1.54, 1.807) is 6.07 Å². The third-order valence-corrected chi connectivity index (χ3v) is 3.61. The second-order valence-corrected chi connectivity index (χ2v) is 5.33. The summed E-state index contributed by atoms with van der Waals surface area (Å²) in [4.78, 5) is 11.1. The number of nitrogens with one attached hydrogen (secondary N) is 1. The monoisotopic (exact) mass is 352 g/mol. The maximum Gasteiger partial charge on any atom is 0.573 e. The Morgan fingerprint density at radius 3 is 2.44 bits per heavy atom. The van der Waals surface area contributed by atoms with Crippen molar-refractivity contribution in [2.24, 2.45) is 5.10 Å². The number of para-hydroxylation sites is 1. The van der Waals surface area contributed by atoms with Crippen LogP contribution in [0.2, 0.25) is 0 Å². The number of benzene rings is 2. The summed E-state index contributed by atoms with van der Waals surface area (Å²) >= 11 is 0. The molecule has 2 aromatic rings. The highest BCUT2D eigenvalue weighted by molar-refractivity contribution is 6.04. The number of amides is 1. The minimum Gasteiger partial charge on any atom is -0.405 e. The average molecular weight is 352 g/mol. The molecular weight excluding hydrogens is 340 g/mol. The topological polar surface area (TPSA) is 50.7 Å². The van der Waals surface area contributed by atoms with Crippen molar-refractivity contribution in [2.75, 3.05) is 0 Å². The number of carbonyl (C=O) groups is 1. The van der Waals surface area contributed by atoms with Gasteiger partial charge in [0.2, 0.25) is 5.91 Å². The molecule has 0 bridgehead atoms. The van der Waals surface area contributed by atoms with Crippen molar-refractivity contribution >= 4 is 11.6 Å². The molecule has 8 heteroatoms. The van der Waals surface area contributed by atoms with E-state index in [0.717, 1.165) is 6.07 Å². The molecule has 130 valence electrons. The van der Waals surface area contributed by atoms with Crippen LogP contribution in [0.3, 0.4) is 0 Å². The zero-order valence-corrected chi connectivity index (χ0v) is 12.7. The minimum atomic E-state index is -4.87. The Balaban J connectivity index is 1.96. The first-order chi connectivity index (χ1) is 11.8. The molecule has 0 atom stereocenters. The minimum absolute atomic E-state index is 0.0113. The van der Waals surface area contributed by atoms with Crippen LogP contribution < -0.4 is 10.2 Å². The lowest BCUT2D eigenvalue weighted by Gasteiger charge is -2.15. The number of rotatable bonds is 3. The highest BCUT2D eigenvalue weighted by atomic mass is 19.4. The molecule has 1 aliphatic rings. The van der Waals surface area contributed by atoms with Gasteiger partial charge in [-0.3, -0.25) is 4.79 Å². The van der Waals surface area contributed by atoms with Crippen LogP contribution in [-0.2, 0) is 4.79 Å². The smallest absolute Gasteiger partial charge is 0.405 e. The third-order valence-electron chi connectivity index (χ3n) is 3.61. The summed E-state index contributed by atoms with van der Waals surface area (Å²) in [7, 11) is 0. The van der Waals surface area contributed by atoms with Crippen molar-refractivity contribution in [1.82, 2.24) is 5.43 Å². The molecule has 0 spiro atoms. The Labute approximate surface area is 140 Å². The lowest BCUT2D eigenvalue weighted by molar-refractivity contribution is -0.274. The van der Waals surface area contributed by atoms with E-state index >= 15 is 0 Å². The van der Waals surface area contributed by atoms with Gasteiger partial charge in [0.05, 0.1) is 5.71 Å². The number of nitrogens with zero attached hydrogens (tertiary/aromatic N) is 1. The first-order valence-electron chi connectivity index (χ1n) is 7.34. The van der Waals surface area contributed by atoms with E-state index in [4.69, 9.17) is 0 Å². The van der Waals surface area contributed by atoms with Crippen molar-refractivity contribution in [3.63, 3.8) is 0 Å². The van der Waals surface area contributed by atoms with Gasteiger partial charge in [0, 0.05) is 29.5 Å². The third kappa shape index (κ3) is 3.96. The fourth-order valence-electron chi connectivity index (χ4n) is 2.50. The van der Waals surface area contributed by atoms with Crippen LogP contribution in [0.4, 0.5) is 17.6 Å². The fourth-order valence-corrected chi connectivity index (χ4v) is 2.50. The van der Waals surface area contributed by atoms with E-state index in [9.17, 15) is 22.4 Å². The molecule has 0 aromatic heterocycles. The van der Waals surface area contributed by atoms with Crippen molar-refractivity contribution in [3.05, 3.63) is 53.8 Å². The van der Waals surface area contributed by atoms with E-state index in [1.807, 2.05) is 0 Å². The molecule has 0 radical (unpaired) electrons. The lowest BCUT2D eigenvalue weighted by Crippen LogP contribution is -2.25. The van der Waals surface area contributed by atoms with E-state index in [2.05, 4.69) is 15.3 Å². The van der Waals surface area contributed by atoms with Crippen molar-refractivity contribution in [2.45, 2.75) is 19.2 Å². The quantitative estimate of drug-likeness (QED) is 0.849. The number of ether oxygens (including phenoxy) is 1. The molecule has 0 saturated heterocycles. The van der Waals surface area contributed by atoms with Gasteiger partial charge in [-0.1, -0.05) is 30.3 Å². The molecule has 1 heterocycles. The van der Waals surface area contributed by atoms with Crippen LogP contribution >= 0.6 is 0 Å². The second kappa shape index (κ2) is 6.54. The molecule has 0 unspecified atom stereocenters. The molecule has 1 aliphatic heterocycles. The van der Waals surface area contributed by atoms with Crippen molar-refractivity contribution in [1.29, 1.82) is 0 Å². The number of hydrogen-bond donors (Lipinski definition) is 1. The van der Waals surface area contributed by atoms with Crippen molar-refractivity contribution < 1.29 is 27.1 Å². The number of hydrazone groups is 1. The zero-order chi connectivity index (χ0) is 18.0. The average Bonchev–Trinajstić information content (AvgIpc) is 2.55. The van der Waals surface area contributed by atoms with Gasteiger partial charge in [-0.05, 0) is 12.1 Å². The van der Waals surface area contributed by atoms with Crippen LogP contribution in [0.1, 0.15) is 18.4 Å². The molecule has 4 nitrogen and oxygen atoms in total. The molecule has 25 heavy (non-hydrogen) atoms. The molecule has 3 rings (SSSR count). The summed E-state index contributed by atoms with van der Waals surface area (Å²) in [6, 6.07) is 9.41. The Kier molecular flexibility index (Phi) is 4.43. The highest BCUT2D eigenvalue weighted by Gasteiger charge is 2.32. The number of alkyl halides is 3. The summed E-state index contributed by atoms with van der Waals surface area (Å²) in [5.74, 6) is -1.42. The van der Waals surface area contributed by atoms with E-state index in [0.29, 0.717) is 17.7 Å². The SMILES string of the molecule is O=C1CCC(c2ccc(-c3ccccc3OC(F)(F)F)c(F)c2)=NN1. The molecule has 1 amide bonds. The Hall–Kier alpha value is -2.90. The van der Waals surface area contributed by atoms with Gasteiger partial charge in [0.25, 0.3) is 0 Å². The van der Waals surface area contributed by atoms with Gasteiger partial charge >= 0.3 is 6.36 Å². The van der Waals surface area contributed by atoms with Crippen LogP contribution in [0, 0.1) is 5.82 Å². The predicted octanol–water partition coefficient (Wildman–Crippen LogP) is 4.01. The highest BCUT2D eigenvalue weighted by Crippen LogP contribution is 2.35. The van der Waals surface area contributed by atoms with Gasteiger partial charge in [-0.2, -0.15) is 5.10 Å². The number of hydrogen-bond acceptors (Lipinski definition) is 3. The summed E-state index contributed by atoms with van der Waals surface area (Å²) < 4.78 is 56.0. The van der Waals surface area contributed by atoms with E-state index in [1.165, 1.54) is 30.3 Å². The maximum atomic E-state index is 14.5. The Bertz CT molecular complexity index is 847. The molecule has 0 saturated carbocycles. The zero-order valence-electron chi connectivity index (χ0n) is 12.7. The van der Waals surface area contributed by atoms with Crippen LogP contribution in [0.25, 0.3) is 11.1 Å². The standard InChI is InChI=1S/C17H12F4N2O2/c18-13-9-10(14-7-8-16(24)23-22-14)5-6-11(13)12-3-1-2-4-15(12)25-17(19,20)21/h1-6,9H,7-8H2,(H,23,24). The van der Waals surface area contributed by atoms with Gasteiger partial charge in [-0.15, -0.1) is 13.2 Å². The summed E-state index contributed by atoms with van der Waals surface area (Å²) in [6.45, 7) is 0. The first kappa shape index (κ1) is 16.9. The maximum absolute atomic E-state index is 14.5. The lowest BCUT2D eigenvalue weighted by atomic mass is 9.98. The molecule has 1 N–H and O–H groups in total. The summed E-state index contributed by atoms with van der Waals surface area (Å²) in [6.07, 6.45) is -4.27. The first-order valence-corrected chi connectivity index (χ1v) is 7.34. The fraction of sp³-hybridized carbons (Fsp3) is 0.176. The van der Waals surface area contributed by atoms with Gasteiger partial charge in [-0.25, -0.2) is 9.82 Å². The van der Waals surface area contributed by atoms with Crippen LogP contribution in [0.15, 0.2) is 47.6 Å². The molecular formula is C17H12F4N2O2. The summed E-state index contributed by atoms with van der Waals surface area (Å²) in [5.41, 5.74) is 3.24. The van der Waals surface area contributed by atoms with Gasteiger partial charge in [0.1, 0.15) is 11.6 Å². The molecule has 2 aromatic carbocycles. The Morgan fingerprint density at radius 2 is 1.80 bits per heavy atom. The molecule has 0 aliphatic carbocycles. The molecule has 0 fully saturated rings.